The maximum atomic E-state index is 12.1. The molecule has 27 heavy (non-hydrogen) atoms. The highest BCUT2D eigenvalue weighted by molar-refractivity contribution is 5.90. The molecule has 2 amide bonds. The van der Waals surface area contributed by atoms with E-state index in [9.17, 15) is 4.79 Å². The van der Waals surface area contributed by atoms with Crippen LogP contribution in [0.3, 0.4) is 0 Å². The summed E-state index contributed by atoms with van der Waals surface area (Å²) in [5.74, 6) is 2.21. The van der Waals surface area contributed by atoms with Gasteiger partial charge in [-0.25, -0.2) is 14.8 Å². The average Bonchev–Trinajstić information content (AvgIpc) is 3.20. The highest BCUT2D eigenvalue weighted by Gasteiger charge is 2.06. The van der Waals surface area contributed by atoms with Crippen LogP contribution in [0.2, 0.25) is 0 Å². The molecule has 0 saturated heterocycles. The zero-order chi connectivity index (χ0) is 19.1. The van der Waals surface area contributed by atoms with E-state index >= 15 is 0 Å². The van der Waals surface area contributed by atoms with Crippen LogP contribution in [-0.4, -0.2) is 33.7 Å². The second kappa shape index (κ2) is 8.84. The summed E-state index contributed by atoms with van der Waals surface area (Å²) in [6.45, 7) is 4.95. The topological polar surface area (TPSA) is 83.9 Å². The molecular formula is C20H24N6O. The number of amides is 2. The number of carbonyl (C=O) groups is 1. The van der Waals surface area contributed by atoms with Gasteiger partial charge in [0.2, 0.25) is 0 Å². The first-order valence-electron chi connectivity index (χ1n) is 9.01. The lowest BCUT2D eigenvalue weighted by atomic mass is 10.1. The number of aryl methyl sites for hydroxylation is 2. The number of aromatic nitrogens is 3. The highest BCUT2D eigenvalue weighted by Crippen LogP contribution is 2.15. The monoisotopic (exact) mass is 364 g/mol. The minimum atomic E-state index is -0.218. The van der Waals surface area contributed by atoms with Crippen LogP contribution in [0.1, 0.15) is 18.3 Å². The molecule has 7 nitrogen and oxygen atoms in total. The fourth-order valence-corrected chi connectivity index (χ4v) is 2.75. The molecule has 1 aromatic carbocycles. The van der Waals surface area contributed by atoms with E-state index in [1.807, 2.05) is 66.3 Å². The van der Waals surface area contributed by atoms with E-state index in [0.29, 0.717) is 18.9 Å². The molecule has 140 valence electrons. The molecule has 7 heteroatoms. The van der Waals surface area contributed by atoms with Gasteiger partial charge in [-0.3, -0.25) is 0 Å². The first-order chi connectivity index (χ1) is 13.2. The predicted octanol–water partition coefficient (Wildman–Crippen LogP) is 3.37. The van der Waals surface area contributed by atoms with E-state index in [2.05, 4.69) is 32.8 Å². The SMILES string of the molecule is CCc1ccccc1NC(=O)NCCNc1cc(-n2cccc2)nc(C)n1. The molecule has 0 bridgehead atoms. The Bertz CT molecular complexity index is 891. The Morgan fingerprint density at radius 2 is 1.85 bits per heavy atom. The zero-order valence-corrected chi connectivity index (χ0v) is 15.6. The van der Waals surface area contributed by atoms with Crippen LogP contribution in [0.5, 0.6) is 0 Å². The lowest BCUT2D eigenvalue weighted by Crippen LogP contribution is -2.33. The Morgan fingerprint density at radius 3 is 2.63 bits per heavy atom. The van der Waals surface area contributed by atoms with Crippen molar-refractivity contribution < 1.29 is 4.79 Å². The summed E-state index contributed by atoms with van der Waals surface area (Å²) in [4.78, 5) is 20.9. The van der Waals surface area contributed by atoms with E-state index in [0.717, 1.165) is 29.3 Å². The number of para-hydroxylation sites is 1. The number of carbonyl (C=O) groups excluding carboxylic acids is 1. The third-order valence-corrected chi connectivity index (χ3v) is 4.06. The number of hydrogen-bond acceptors (Lipinski definition) is 4. The molecule has 3 rings (SSSR count). The third kappa shape index (κ3) is 5.07. The molecule has 0 saturated carbocycles. The Kier molecular flexibility index (Phi) is 6.04. The van der Waals surface area contributed by atoms with Crippen molar-refractivity contribution in [3.05, 3.63) is 66.2 Å². The maximum absolute atomic E-state index is 12.1. The minimum Gasteiger partial charge on any atom is -0.368 e. The number of nitrogens with one attached hydrogen (secondary N) is 3. The van der Waals surface area contributed by atoms with Gasteiger partial charge in [-0.15, -0.1) is 0 Å². The molecule has 0 aliphatic rings. The van der Waals surface area contributed by atoms with Crippen molar-refractivity contribution >= 4 is 17.5 Å². The number of hydrogen-bond donors (Lipinski definition) is 3. The number of benzene rings is 1. The largest absolute Gasteiger partial charge is 0.368 e. The Balaban J connectivity index is 1.49. The quantitative estimate of drug-likeness (QED) is 0.561. The van der Waals surface area contributed by atoms with Crippen molar-refractivity contribution in [3.8, 4) is 5.82 Å². The third-order valence-electron chi connectivity index (χ3n) is 4.06. The van der Waals surface area contributed by atoms with E-state index in [4.69, 9.17) is 0 Å². The van der Waals surface area contributed by atoms with E-state index in [1.165, 1.54) is 0 Å². The Morgan fingerprint density at radius 1 is 1.07 bits per heavy atom. The van der Waals surface area contributed by atoms with E-state index < -0.39 is 0 Å². The van der Waals surface area contributed by atoms with Crippen molar-refractivity contribution in [2.24, 2.45) is 0 Å². The van der Waals surface area contributed by atoms with Gasteiger partial charge >= 0.3 is 6.03 Å². The standard InChI is InChI=1S/C20H24N6O/c1-3-16-8-4-5-9-17(16)25-20(27)22-11-10-21-18-14-19(24-15(2)23-18)26-12-6-7-13-26/h4-9,12-14H,3,10-11H2,1-2H3,(H,21,23,24)(H2,22,25,27). The van der Waals surface area contributed by atoms with Gasteiger partial charge in [0.15, 0.2) is 0 Å². The number of anilines is 2. The molecular weight excluding hydrogens is 340 g/mol. The summed E-state index contributed by atoms with van der Waals surface area (Å²) in [6.07, 6.45) is 4.74. The summed E-state index contributed by atoms with van der Waals surface area (Å²) in [5.41, 5.74) is 1.95. The van der Waals surface area contributed by atoms with Gasteiger partial charge in [0.05, 0.1) is 0 Å². The van der Waals surface area contributed by atoms with E-state index in [1.54, 1.807) is 0 Å². The van der Waals surface area contributed by atoms with Gasteiger partial charge < -0.3 is 20.5 Å². The lowest BCUT2D eigenvalue weighted by molar-refractivity contribution is 0.252. The van der Waals surface area contributed by atoms with Crippen LogP contribution in [-0.2, 0) is 6.42 Å². The van der Waals surface area contributed by atoms with E-state index in [-0.39, 0.29) is 6.03 Å². The van der Waals surface area contributed by atoms with Crippen molar-refractivity contribution in [1.29, 1.82) is 0 Å². The molecule has 0 aliphatic carbocycles. The predicted molar refractivity (Wildman–Crippen MR) is 107 cm³/mol. The van der Waals surface area contributed by atoms with Crippen LogP contribution in [0.15, 0.2) is 54.9 Å². The van der Waals surface area contributed by atoms with Gasteiger partial charge in [0.25, 0.3) is 0 Å². The zero-order valence-electron chi connectivity index (χ0n) is 15.6. The van der Waals surface area contributed by atoms with Crippen LogP contribution in [0.25, 0.3) is 5.82 Å². The second-order valence-electron chi connectivity index (χ2n) is 6.07. The van der Waals surface area contributed by atoms with Crippen molar-refractivity contribution in [2.75, 3.05) is 23.7 Å². The lowest BCUT2D eigenvalue weighted by Gasteiger charge is -2.12. The van der Waals surface area contributed by atoms with Gasteiger partial charge in [0, 0.05) is 37.2 Å². The number of nitrogens with zero attached hydrogens (tertiary/aromatic N) is 3. The number of rotatable bonds is 7. The molecule has 0 unspecified atom stereocenters. The van der Waals surface area contributed by atoms with Crippen molar-refractivity contribution in [3.63, 3.8) is 0 Å². The van der Waals surface area contributed by atoms with Gasteiger partial charge in [-0.05, 0) is 37.1 Å². The molecule has 2 heterocycles. The smallest absolute Gasteiger partial charge is 0.319 e. The fraction of sp³-hybridized carbons (Fsp3) is 0.250. The fourth-order valence-electron chi connectivity index (χ4n) is 2.75. The van der Waals surface area contributed by atoms with Gasteiger partial charge in [-0.2, -0.15) is 0 Å². The first-order valence-corrected chi connectivity index (χ1v) is 9.01. The van der Waals surface area contributed by atoms with Gasteiger partial charge in [0.1, 0.15) is 17.5 Å². The Labute approximate surface area is 158 Å². The molecule has 0 fully saturated rings. The van der Waals surface area contributed by atoms with Crippen LogP contribution in [0, 0.1) is 6.92 Å². The Hall–Kier alpha value is -3.35. The summed E-state index contributed by atoms with van der Waals surface area (Å²) in [5, 5.41) is 8.96. The normalized spacial score (nSPS) is 10.4. The highest BCUT2D eigenvalue weighted by atomic mass is 16.2. The number of urea groups is 1. The molecule has 0 radical (unpaired) electrons. The average molecular weight is 364 g/mol. The van der Waals surface area contributed by atoms with Crippen LogP contribution >= 0.6 is 0 Å². The van der Waals surface area contributed by atoms with Crippen LogP contribution in [0.4, 0.5) is 16.3 Å². The van der Waals surface area contributed by atoms with Gasteiger partial charge in [-0.1, -0.05) is 25.1 Å². The molecule has 3 aromatic rings. The molecule has 2 aromatic heterocycles. The minimum absolute atomic E-state index is 0.218. The maximum Gasteiger partial charge on any atom is 0.319 e. The summed E-state index contributed by atoms with van der Waals surface area (Å²) in [7, 11) is 0. The summed E-state index contributed by atoms with van der Waals surface area (Å²) < 4.78 is 1.93. The second-order valence-corrected chi connectivity index (χ2v) is 6.07. The molecule has 3 N–H and O–H groups in total. The molecule has 0 atom stereocenters. The molecule has 0 spiro atoms. The summed E-state index contributed by atoms with van der Waals surface area (Å²) in [6, 6.07) is 13.4. The van der Waals surface area contributed by atoms with Crippen molar-refractivity contribution in [1.82, 2.24) is 19.9 Å². The van der Waals surface area contributed by atoms with Crippen LogP contribution < -0.4 is 16.0 Å². The van der Waals surface area contributed by atoms with Crippen molar-refractivity contribution in [2.45, 2.75) is 20.3 Å². The summed E-state index contributed by atoms with van der Waals surface area (Å²) >= 11 is 0. The molecule has 0 aliphatic heterocycles. The first kappa shape index (κ1) is 18.4.